The first-order valence-corrected chi connectivity index (χ1v) is 7.50. The van der Waals surface area contributed by atoms with Crippen LogP contribution in [-0.2, 0) is 0 Å². The van der Waals surface area contributed by atoms with Crippen LogP contribution < -0.4 is 5.32 Å². The highest BCUT2D eigenvalue weighted by molar-refractivity contribution is 9.10. The minimum absolute atomic E-state index is 0.0984. The smallest absolute Gasteiger partial charge is 0.255 e. The molecule has 1 heterocycles. The number of carbonyl (C=O) groups excluding carboxylic acids is 1. The van der Waals surface area contributed by atoms with Gasteiger partial charge in [0.05, 0.1) is 5.56 Å². The fourth-order valence-corrected chi connectivity index (χ4v) is 2.95. The molecule has 0 saturated carbocycles. The average Bonchev–Trinajstić information content (AvgIpc) is 2.43. The molecule has 110 valence electrons. The quantitative estimate of drug-likeness (QED) is 0.853. The Balaban J connectivity index is 2.27. The Morgan fingerprint density at radius 3 is 2.85 bits per heavy atom. The third kappa shape index (κ3) is 3.17. The molecule has 20 heavy (non-hydrogen) atoms. The summed E-state index contributed by atoms with van der Waals surface area (Å²) in [5, 5.41) is 3.25. The highest BCUT2D eigenvalue weighted by atomic mass is 79.9. The van der Waals surface area contributed by atoms with Crippen LogP contribution in [0, 0.1) is 11.6 Å². The minimum atomic E-state index is -1.00. The Morgan fingerprint density at radius 2 is 2.15 bits per heavy atom. The van der Waals surface area contributed by atoms with Crippen LogP contribution in [-0.4, -0.2) is 36.5 Å². The molecule has 1 fully saturated rings. The number of hydrogen-bond acceptors (Lipinski definition) is 2. The minimum Gasteiger partial charge on any atom is -0.333 e. The van der Waals surface area contributed by atoms with Crippen LogP contribution in [0.1, 0.15) is 30.1 Å². The molecule has 2 rings (SSSR count). The predicted octanol–water partition coefficient (Wildman–Crippen LogP) is 2.94. The number of piperazine rings is 1. The fraction of sp³-hybridized carbons (Fsp3) is 0.500. The van der Waals surface area contributed by atoms with Crippen molar-refractivity contribution in [1.29, 1.82) is 0 Å². The Bertz CT molecular complexity index is 508. The largest absolute Gasteiger partial charge is 0.333 e. The Labute approximate surface area is 125 Å². The number of carbonyl (C=O) groups is 1. The highest BCUT2D eigenvalue weighted by Gasteiger charge is 2.28. The third-order valence-corrected chi connectivity index (χ3v) is 4.13. The van der Waals surface area contributed by atoms with Crippen molar-refractivity contribution < 1.29 is 13.6 Å². The molecule has 0 radical (unpaired) electrons. The van der Waals surface area contributed by atoms with E-state index < -0.39 is 11.6 Å². The third-order valence-electron chi connectivity index (χ3n) is 3.47. The van der Waals surface area contributed by atoms with Crippen LogP contribution >= 0.6 is 15.9 Å². The Hall–Kier alpha value is -1.01. The van der Waals surface area contributed by atoms with E-state index in [2.05, 4.69) is 28.2 Å². The first-order chi connectivity index (χ1) is 9.54. The van der Waals surface area contributed by atoms with E-state index in [1.165, 1.54) is 0 Å². The topological polar surface area (TPSA) is 32.3 Å². The maximum absolute atomic E-state index is 13.4. The Morgan fingerprint density at radius 1 is 1.45 bits per heavy atom. The van der Waals surface area contributed by atoms with Gasteiger partial charge in [0.15, 0.2) is 11.6 Å². The molecular weight excluding hydrogens is 330 g/mol. The normalized spacial score (nSPS) is 19.2. The molecular formula is C14H17BrF2N2O. The fourth-order valence-electron chi connectivity index (χ4n) is 2.46. The monoisotopic (exact) mass is 346 g/mol. The molecule has 1 atom stereocenters. The predicted molar refractivity (Wildman–Crippen MR) is 76.7 cm³/mol. The maximum Gasteiger partial charge on any atom is 0.255 e. The number of hydrogen-bond donors (Lipinski definition) is 1. The summed E-state index contributed by atoms with van der Waals surface area (Å²) in [6.07, 6.45) is 1.86. The summed E-state index contributed by atoms with van der Waals surface area (Å²) < 4.78 is 26.8. The lowest BCUT2D eigenvalue weighted by atomic mass is 10.1. The van der Waals surface area contributed by atoms with Crippen molar-refractivity contribution in [1.82, 2.24) is 10.2 Å². The van der Waals surface area contributed by atoms with E-state index in [9.17, 15) is 13.6 Å². The summed E-state index contributed by atoms with van der Waals surface area (Å²) in [6, 6.07) is 2.06. The van der Waals surface area contributed by atoms with E-state index in [0.717, 1.165) is 31.5 Å². The second kappa shape index (κ2) is 6.63. The van der Waals surface area contributed by atoms with Crippen LogP contribution in [0.5, 0.6) is 0 Å². The van der Waals surface area contributed by atoms with Gasteiger partial charge < -0.3 is 10.2 Å². The van der Waals surface area contributed by atoms with Crippen LogP contribution in [0.25, 0.3) is 0 Å². The molecule has 6 heteroatoms. The number of benzene rings is 1. The molecule has 1 aromatic rings. The van der Waals surface area contributed by atoms with E-state index >= 15 is 0 Å². The summed E-state index contributed by atoms with van der Waals surface area (Å²) in [7, 11) is 0. The molecule has 0 aliphatic carbocycles. The molecule has 1 saturated heterocycles. The molecule has 1 amide bonds. The number of amides is 1. The lowest BCUT2D eigenvalue weighted by Gasteiger charge is -2.36. The summed E-state index contributed by atoms with van der Waals surface area (Å²) in [6.45, 7) is 4.09. The van der Waals surface area contributed by atoms with Crippen molar-refractivity contribution in [2.75, 3.05) is 19.6 Å². The van der Waals surface area contributed by atoms with Gasteiger partial charge in [0.2, 0.25) is 0 Å². The number of rotatable bonds is 3. The number of nitrogens with zero attached hydrogens (tertiary/aromatic N) is 1. The lowest BCUT2D eigenvalue weighted by Crippen LogP contribution is -2.53. The van der Waals surface area contributed by atoms with Gasteiger partial charge in [-0.15, -0.1) is 0 Å². The van der Waals surface area contributed by atoms with Gasteiger partial charge in [-0.1, -0.05) is 13.3 Å². The standard InChI is InChI=1S/C14H17BrF2N2O/c1-2-3-9-8-18-4-5-19(9)14(20)10-6-12(16)13(17)7-11(10)15/h6-7,9,18H,2-5,8H2,1H3. The molecule has 1 aromatic carbocycles. The van der Waals surface area contributed by atoms with Crippen LogP contribution in [0.3, 0.4) is 0 Å². The Kier molecular flexibility index (Phi) is 5.10. The average molecular weight is 347 g/mol. The number of nitrogens with one attached hydrogen (secondary N) is 1. The molecule has 1 aliphatic rings. The van der Waals surface area contributed by atoms with Crippen LogP contribution in [0.4, 0.5) is 8.78 Å². The van der Waals surface area contributed by atoms with E-state index in [1.807, 2.05) is 0 Å². The van der Waals surface area contributed by atoms with Crippen molar-refractivity contribution in [2.45, 2.75) is 25.8 Å². The SMILES string of the molecule is CCCC1CNCCN1C(=O)c1cc(F)c(F)cc1Br. The van der Waals surface area contributed by atoms with E-state index in [-0.39, 0.29) is 22.0 Å². The first-order valence-electron chi connectivity index (χ1n) is 6.70. The van der Waals surface area contributed by atoms with Gasteiger partial charge in [-0.2, -0.15) is 0 Å². The summed E-state index contributed by atoms with van der Waals surface area (Å²) in [5.74, 6) is -2.21. The van der Waals surface area contributed by atoms with Gasteiger partial charge in [-0.05, 0) is 34.5 Å². The summed E-state index contributed by atoms with van der Waals surface area (Å²) >= 11 is 3.14. The van der Waals surface area contributed by atoms with Gasteiger partial charge in [0, 0.05) is 30.1 Å². The van der Waals surface area contributed by atoms with E-state index in [4.69, 9.17) is 0 Å². The maximum atomic E-state index is 13.4. The second-order valence-corrected chi connectivity index (χ2v) is 5.75. The van der Waals surface area contributed by atoms with Gasteiger partial charge in [-0.3, -0.25) is 4.79 Å². The molecule has 3 nitrogen and oxygen atoms in total. The number of halogens is 3. The van der Waals surface area contributed by atoms with Crippen molar-refractivity contribution >= 4 is 21.8 Å². The van der Waals surface area contributed by atoms with Gasteiger partial charge in [0.1, 0.15) is 0 Å². The molecule has 0 spiro atoms. The summed E-state index contributed by atoms with van der Waals surface area (Å²) in [5.41, 5.74) is 0.173. The van der Waals surface area contributed by atoms with Crippen LogP contribution in [0.2, 0.25) is 0 Å². The van der Waals surface area contributed by atoms with Crippen molar-refractivity contribution in [2.24, 2.45) is 0 Å². The van der Waals surface area contributed by atoms with Crippen molar-refractivity contribution in [3.63, 3.8) is 0 Å². The molecule has 1 unspecified atom stereocenters. The second-order valence-electron chi connectivity index (χ2n) is 4.89. The van der Waals surface area contributed by atoms with Crippen molar-refractivity contribution in [3.8, 4) is 0 Å². The van der Waals surface area contributed by atoms with Crippen LogP contribution in [0.15, 0.2) is 16.6 Å². The van der Waals surface area contributed by atoms with Crippen molar-refractivity contribution in [3.05, 3.63) is 33.8 Å². The molecule has 1 N–H and O–H groups in total. The molecule has 0 aromatic heterocycles. The zero-order valence-electron chi connectivity index (χ0n) is 11.3. The van der Waals surface area contributed by atoms with E-state index in [0.29, 0.717) is 13.1 Å². The molecule has 1 aliphatic heterocycles. The summed E-state index contributed by atoms with van der Waals surface area (Å²) in [4.78, 5) is 14.3. The molecule has 0 bridgehead atoms. The first kappa shape index (κ1) is 15.4. The zero-order chi connectivity index (χ0) is 14.7. The van der Waals surface area contributed by atoms with Gasteiger partial charge in [-0.25, -0.2) is 8.78 Å². The van der Waals surface area contributed by atoms with E-state index in [1.54, 1.807) is 4.90 Å². The highest BCUT2D eigenvalue weighted by Crippen LogP contribution is 2.24. The van der Waals surface area contributed by atoms with Gasteiger partial charge in [0.25, 0.3) is 5.91 Å². The van der Waals surface area contributed by atoms with Gasteiger partial charge >= 0.3 is 0 Å². The zero-order valence-corrected chi connectivity index (χ0v) is 12.8. The lowest BCUT2D eigenvalue weighted by molar-refractivity contribution is 0.0623.